The highest BCUT2D eigenvalue weighted by molar-refractivity contribution is 5.77. The normalized spacial score (nSPS) is 29.2. The van der Waals surface area contributed by atoms with Crippen molar-refractivity contribution in [3.8, 4) is 0 Å². The molecule has 0 spiro atoms. The summed E-state index contributed by atoms with van der Waals surface area (Å²) in [5.41, 5.74) is 0. The maximum Gasteiger partial charge on any atom is 0.248 e. The molecule has 2 atom stereocenters. The molecule has 4 nitrogen and oxygen atoms in total. The number of ether oxygens (including phenoxy) is 1. The Kier molecular flexibility index (Phi) is 4.18. The zero-order valence-corrected chi connectivity index (χ0v) is 10.1. The minimum absolute atomic E-state index is 0.157. The Balaban J connectivity index is 1.76. The monoisotopic (exact) mass is 226 g/mol. The SMILES string of the molecule is CCCOCC(=O)N1C[C@@H]2CCCN[C@@H]2C1. The maximum atomic E-state index is 11.8. The molecule has 0 aliphatic carbocycles. The van der Waals surface area contributed by atoms with Gasteiger partial charge in [-0.25, -0.2) is 0 Å². The first kappa shape index (κ1) is 11.9. The third-order valence-electron chi connectivity index (χ3n) is 3.53. The Bertz CT molecular complexity index is 231. The van der Waals surface area contributed by atoms with Gasteiger partial charge in [0.05, 0.1) is 0 Å². The molecule has 2 heterocycles. The fourth-order valence-corrected chi connectivity index (χ4v) is 2.65. The Morgan fingerprint density at radius 1 is 1.50 bits per heavy atom. The number of carbonyl (C=O) groups is 1. The van der Waals surface area contributed by atoms with Gasteiger partial charge < -0.3 is 15.0 Å². The Morgan fingerprint density at radius 3 is 3.12 bits per heavy atom. The van der Waals surface area contributed by atoms with E-state index in [-0.39, 0.29) is 12.5 Å². The van der Waals surface area contributed by atoms with E-state index in [1.807, 2.05) is 4.90 Å². The summed E-state index contributed by atoms with van der Waals surface area (Å²) in [6.07, 6.45) is 3.48. The van der Waals surface area contributed by atoms with Crippen molar-refractivity contribution in [2.45, 2.75) is 32.2 Å². The van der Waals surface area contributed by atoms with E-state index >= 15 is 0 Å². The van der Waals surface area contributed by atoms with E-state index in [9.17, 15) is 4.79 Å². The second-order valence-corrected chi connectivity index (χ2v) is 4.81. The van der Waals surface area contributed by atoms with Gasteiger partial charge in [0, 0.05) is 25.7 Å². The third-order valence-corrected chi connectivity index (χ3v) is 3.53. The molecule has 16 heavy (non-hydrogen) atoms. The molecule has 92 valence electrons. The van der Waals surface area contributed by atoms with Gasteiger partial charge in [0.1, 0.15) is 6.61 Å². The number of amides is 1. The predicted molar refractivity (Wildman–Crippen MR) is 62.2 cm³/mol. The van der Waals surface area contributed by atoms with Crippen LogP contribution in [0.2, 0.25) is 0 Å². The van der Waals surface area contributed by atoms with Crippen molar-refractivity contribution in [3.63, 3.8) is 0 Å². The van der Waals surface area contributed by atoms with E-state index in [2.05, 4.69) is 12.2 Å². The van der Waals surface area contributed by atoms with Crippen molar-refractivity contribution in [2.75, 3.05) is 32.8 Å². The van der Waals surface area contributed by atoms with Gasteiger partial charge in [-0.1, -0.05) is 6.92 Å². The molecule has 1 amide bonds. The quantitative estimate of drug-likeness (QED) is 0.715. The average Bonchev–Trinajstić information content (AvgIpc) is 2.73. The van der Waals surface area contributed by atoms with Crippen LogP contribution in [0.4, 0.5) is 0 Å². The Hall–Kier alpha value is -0.610. The molecule has 4 heteroatoms. The van der Waals surface area contributed by atoms with Crippen LogP contribution >= 0.6 is 0 Å². The fourth-order valence-electron chi connectivity index (χ4n) is 2.65. The van der Waals surface area contributed by atoms with Gasteiger partial charge in [-0.2, -0.15) is 0 Å². The van der Waals surface area contributed by atoms with Gasteiger partial charge >= 0.3 is 0 Å². The lowest BCUT2D eigenvalue weighted by Gasteiger charge is -2.24. The third kappa shape index (κ3) is 2.74. The zero-order valence-electron chi connectivity index (χ0n) is 10.1. The summed E-state index contributed by atoms with van der Waals surface area (Å²) in [4.78, 5) is 13.8. The molecule has 0 aromatic carbocycles. The molecule has 1 N–H and O–H groups in total. The first-order chi connectivity index (χ1) is 7.81. The number of piperidine rings is 1. The smallest absolute Gasteiger partial charge is 0.248 e. The van der Waals surface area contributed by atoms with Crippen LogP contribution in [-0.2, 0) is 9.53 Å². The first-order valence-corrected chi connectivity index (χ1v) is 6.40. The highest BCUT2D eigenvalue weighted by Gasteiger charge is 2.36. The molecule has 0 unspecified atom stereocenters. The lowest BCUT2D eigenvalue weighted by molar-refractivity contribution is -0.135. The van der Waals surface area contributed by atoms with Crippen LogP contribution in [0.1, 0.15) is 26.2 Å². The molecule has 2 aliphatic heterocycles. The molecule has 2 fully saturated rings. The topological polar surface area (TPSA) is 41.6 Å². The predicted octanol–water partition coefficient (Wildman–Crippen LogP) is 0.623. The van der Waals surface area contributed by atoms with Crippen molar-refractivity contribution in [1.29, 1.82) is 0 Å². The minimum atomic E-state index is 0.157. The van der Waals surface area contributed by atoms with Crippen LogP contribution in [0.5, 0.6) is 0 Å². The number of carbonyl (C=O) groups excluding carboxylic acids is 1. The van der Waals surface area contributed by atoms with E-state index in [0.29, 0.717) is 18.6 Å². The van der Waals surface area contributed by atoms with Crippen LogP contribution in [0.15, 0.2) is 0 Å². The van der Waals surface area contributed by atoms with E-state index in [1.54, 1.807) is 0 Å². The summed E-state index contributed by atoms with van der Waals surface area (Å²) < 4.78 is 5.30. The standard InChI is InChI=1S/C12H22N2O2/c1-2-6-16-9-12(15)14-7-10-4-3-5-13-11(10)8-14/h10-11,13H,2-9H2,1H3/t10-,11+/m0/s1. The van der Waals surface area contributed by atoms with Crippen LogP contribution in [0.3, 0.4) is 0 Å². The van der Waals surface area contributed by atoms with E-state index < -0.39 is 0 Å². The molecule has 0 saturated carbocycles. The number of rotatable bonds is 4. The zero-order chi connectivity index (χ0) is 11.4. The van der Waals surface area contributed by atoms with Crippen LogP contribution in [-0.4, -0.2) is 49.7 Å². The lowest BCUT2D eigenvalue weighted by Crippen LogP contribution is -2.41. The second kappa shape index (κ2) is 5.64. The van der Waals surface area contributed by atoms with Crippen molar-refractivity contribution in [2.24, 2.45) is 5.92 Å². The summed E-state index contributed by atoms with van der Waals surface area (Å²) in [6.45, 7) is 5.90. The Labute approximate surface area is 97.3 Å². The maximum absolute atomic E-state index is 11.8. The minimum Gasteiger partial charge on any atom is -0.372 e. The molecule has 2 rings (SSSR count). The number of nitrogens with one attached hydrogen (secondary N) is 1. The molecule has 2 aliphatic rings. The van der Waals surface area contributed by atoms with E-state index in [4.69, 9.17) is 4.74 Å². The lowest BCUT2D eigenvalue weighted by atomic mass is 9.94. The summed E-state index contributed by atoms with van der Waals surface area (Å²) in [5.74, 6) is 0.827. The summed E-state index contributed by atoms with van der Waals surface area (Å²) >= 11 is 0. The summed E-state index contributed by atoms with van der Waals surface area (Å²) in [7, 11) is 0. The van der Waals surface area contributed by atoms with Gasteiger partial charge in [-0.05, 0) is 31.7 Å². The van der Waals surface area contributed by atoms with Crippen molar-refractivity contribution in [3.05, 3.63) is 0 Å². The average molecular weight is 226 g/mol. The molecular weight excluding hydrogens is 204 g/mol. The van der Waals surface area contributed by atoms with Gasteiger partial charge in [-0.3, -0.25) is 4.79 Å². The number of hydrogen-bond acceptors (Lipinski definition) is 3. The summed E-state index contributed by atoms with van der Waals surface area (Å²) in [5, 5.41) is 3.50. The number of hydrogen-bond donors (Lipinski definition) is 1. The van der Waals surface area contributed by atoms with Crippen molar-refractivity contribution >= 4 is 5.91 Å². The number of fused-ring (bicyclic) bond motifs is 1. The molecule has 0 aromatic rings. The van der Waals surface area contributed by atoms with Gasteiger partial charge in [0.15, 0.2) is 0 Å². The largest absolute Gasteiger partial charge is 0.372 e. The van der Waals surface area contributed by atoms with Crippen molar-refractivity contribution in [1.82, 2.24) is 10.2 Å². The summed E-state index contributed by atoms with van der Waals surface area (Å²) in [6, 6.07) is 0.531. The molecule has 0 radical (unpaired) electrons. The fraction of sp³-hybridized carbons (Fsp3) is 0.917. The van der Waals surface area contributed by atoms with Gasteiger partial charge in [0.25, 0.3) is 0 Å². The number of nitrogens with zero attached hydrogens (tertiary/aromatic N) is 1. The highest BCUT2D eigenvalue weighted by Crippen LogP contribution is 2.24. The molecular formula is C12H22N2O2. The van der Waals surface area contributed by atoms with Gasteiger partial charge in [-0.15, -0.1) is 0 Å². The van der Waals surface area contributed by atoms with Gasteiger partial charge in [0.2, 0.25) is 5.91 Å². The molecule has 0 aromatic heterocycles. The molecule has 0 bridgehead atoms. The first-order valence-electron chi connectivity index (χ1n) is 6.40. The second-order valence-electron chi connectivity index (χ2n) is 4.81. The highest BCUT2D eigenvalue weighted by atomic mass is 16.5. The van der Waals surface area contributed by atoms with E-state index in [0.717, 1.165) is 26.1 Å². The van der Waals surface area contributed by atoms with Crippen LogP contribution in [0, 0.1) is 5.92 Å². The van der Waals surface area contributed by atoms with Crippen molar-refractivity contribution < 1.29 is 9.53 Å². The Morgan fingerprint density at radius 2 is 2.38 bits per heavy atom. The van der Waals surface area contributed by atoms with Crippen LogP contribution < -0.4 is 5.32 Å². The molecule has 2 saturated heterocycles. The number of likely N-dealkylation sites (tertiary alicyclic amines) is 1. The van der Waals surface area contributed by atoms with Crippen LogP contribution in [0.25, 0.3) is 0 Å². The van der Waals surface area contributed by atoms with E-state index in [1.165, 1.54) is 12.8 Å².